The Bertz CT molecular complexity index is 932. The highest BCUT2D eigenvalue weighted by Crippen LogP contribution is 2.12. The monoisotopic (exact) mass is 677 g/mol. The number of nitrogens with zero attached hydrogens (tertiary/aromatic N) is 1. The van der Waals surface area contributed by atoms with Crippen LogP contribution in [0.4, 0.5) is 0 Å². The number of rotatable bonds is 32. The van der Waals surface area contributed by atoms with Crippen LogP contribution in [0.1, 0.15) is 136 Å². The van der Waals surface area contributed by atoms with Gasteiger partial charge in [0.25, 0.3) is 0 Å². The SMILES string of the molecule is CC/C=C/C/C=C/C/C=C/CCCCC(=O)OCC(COCCC(C(=O)O)[N+](C)(C)C)OC(=O)CCCCCCC/C=C/CCCCC. The molecule has 0 fully saturated rings. The average Bonchev–Trinajstić information content (AvgIpc) is 3.03. The summed E-state index contributed by atoms with van der Waals surface area (Å²) in [5.74, 6) is -1.54. The summed E-state index contributed by atoms with van der Waals surface area (Å²) in [7, 11) is 5.49. The van der Waals surface area contributed by atoms with Crippen molar-refractivity contribution in [2.45, 2.75) is 148 Å². The summed E-state index contributed by atoms with van der Waals surface area (Å²) in [6.07, 6.45) is 34.4. The van der Waals surface area contributed by atoms with Crippen LogP contribution in [0.15, 0.2) is 48.6 Å². The third kappa shape index (κ3) is 29.4. The summed E-state index contributed by atoms with van der Waals surface area (Å²) in [5.41, 5.74) is 0. The molecule has 0 spiro atoms. The topological polar surface area (TPSA) is 99.1 Å². The number of aliphatic carboxylic acids is 1. The molecule has 48 heavy (non-hydrogen) atoms. The number of ether oxygens (including phenoxy) is 3. The van der Waals surface area contributed by atoms with Crippen molar-refractivity contribution in [3.8, 4) is 0 Å². The zero-order valence-electron chi connectivity index (χ0n) is 31.2. The van der Waals surface area contributed by atoms with Gasteiger partial charge in [-0.1, -0.05) is 94.6 Å². The molecule has 0 saturated carbocycles. The van der Waals surface area contributed by atoms with Crippen LogP contribution >= 0.6 is 0 Å². The van der Waals surface area contributed by atoms with Gasteiger partial charge >= 0.3 is 17.9 Å². The lowest BCUT2D eigenvalue weighted by Gasteiger charge is -2.31. The van der Waals surface area contributed by atoms with Gasteiger partial charge in [-0.3, -0.25) is 9.59 Å². The van der Waals surface area contributed by atoms with Gasteiger partial charge in [0.2, 0.25) is 0 Å². The first kappa shape index (κ1) is 45.3. The molecule has 0 aliphatic rings. The van der Waals surface area contributed by atoms with Crippen molar-refractivity contribution in [1.82, 2.24) is 0 Å². The Hall–Kier alpha value is -2.71. The van der Waals surface area contributed by atoms with Crippen LogP contribution in [-0.4, -0.2) is 80.6 Å². The molecule has 0 aliphatic carbocycles. The lowest BCUT2D eigenvalue weighted by atomic mass is 10.1. The number of quaternary nitrogens is 1. The molecule has 8 heteroatoms. The van der Waals surface area contributed by atoms with Crippen molar-refractivity contribution in [3.63, 3.8) is 0 Å². The molecular weight excluding hydrogens is 606 g/mol. The molecule has 0 amide bonds. The van der Waals surface area contributed by atoms with Crippen LogP contribution < -0.4 is 0 Å². The van der Waals surface area contributed by atoms with Crippen molar-refractivity contribution >= 4 is 17.9 Å². The molecule has 2 unspecified atom stereocenters. The molecule has 0 aromatic rings. The van der Waals surface area contributed by atoms with Gasteiger partial charge in [-0.25, -0.2) is 4.79 Å². The molecule has 1 N–H and O–H groups in total. The molecule has 0 heterocycles. The van der Waals surface area contributed by atoms with Gasteiger partial charge in [0.15, 0.2) is 12.1 Å². The van der Waals surface area contributed by atoms with Crippen LogP contribution in [0.25, 0.3) is 0 Å². The van der Waals surface area contributed by atoms with Crippen molar-refractivity contribution in [1.29, 1.82) is 0 Å². The van der Waals surface area contributed by atoms with Gasteiger partial charge in [-0.15, -0.1) is 0 Å². The fourth-order valence-electron chi connectivity index (χ4n) is 5.04. The number of hydrogen-bond donors (Lipinski definition) is 1. The average molecular weight is 677 g/mol. The number of hydrogen-bond acceptors (Lipinski definition) is 6. The maximum Gasteiger partial charge on any atom is 0.362 e. The molecule has 0 bridgehead atoms. The third-order valence-corrected chi connectivity index (χ3v) is 7.96. The first-order valence-corrected chi connectivity index (χ1v) is 18.7. The van der Waals surface area contributed by atoms with Crippen LogP contribution in [0.5, 0.6) is 0 Å². The van der Waals surface area contributed by atoms with E-state index in [9.17, 15) is 19.5 Å². The summed E-state index contributed by atoms with van der Waals surface area (Å²) in [5, 5.41) is 9.57. The first-order chi connectivity index (χ1) is 23.1. The molecule has 0 rings (SSSR count). The Morgan fingerprint density at radius 3 is 1.79 bits per heavy atom. The summed E-state index contributed by atoms with van der Waals surface area (Å²) < 4.78 is 17.1. The number of carboxylic acid groups (broad SMARTS) is 1. The molecule has 0 saturated heterocycles. The quantitative estimate of drug-likeness (QED) is 0.0328. The molecule has 0 aliphatic heterocycles. The first-order valence-electron chi connectivity index (χ1n) is 18.7. The number of likely N-dealkylation sites (N-methyl/N-ethyl adjacent to an activating group) is 1. The highest BCUT2D eigenvalue weighted by atomic mass is 16.6. The van der Waals surface area contributed by atoms with Crippen molar-refractivity contribution in [2.75, 3.05) is 41.0 Å². The van der Waals surface area contributed by atoms with E-state index in [2.05, 4.69) is 62.5 Å². The van der Waals surface area contributed by atoms with E-state index >= 15 is 0 Å². The minimum Gasteiger partial charge on any atom is -0.477 e. The fourth-order valence-corrected chi connectivity index (χ4v) is 5.04. The minimum absolute atomic E-state index is 0.0442. The number of carbonyl (C=O) groups is 3. The predicted molar refractivity (Wildman–Crippen MR) is 197 cm³/mol. The number of allylic oxidation sites excluding steroid dienone is 8. The molecule has 276 valence electrons. The predicted octanol–water partition coefficient (Wildman–Crippen LogP) is 9.29. The Labute approximate surface area is 293 Å². The molecule has 8 nitrogen and oxygen atoms in total. The zero-order chi connectivity index (χ0) is 35.7. The van der Waals surface area contributed by atoms with Crippen LogP contribution in [-0.2, 0) is 28.6 Å². The van der Waals surface area contributed by atoms with E-state index in [1.807, 2.05) is 21.1 Å². The van der Waals surface area contributed by atoms with E-state index in [1.54, 1.807) is 0 Å². The van der Waals surface area contributed by atoms with E-state index in [-0.39, 0.29) is 36.2 Å². The number of carbonyl (C=O) groups excluding carboxylic acids is 2. The second kappa shape index (κ2) is 31.6. The Morgan fingerprint density at radius 2 is 1.17 bits per heavy atom. The van der Waals surface area contributed by atoms with E-state index in [0.717, 1.165) is 70.6 Å². The van der Waals surface area contributed by atoms with Crippen molar-refractivity contribution < 1.29 is 38.2 Å². The van der Waals surface area contributed by atoms with Gasteiger partial charge in [0.1, 0.15) is 6.61 Å². The second-order valence-corrected chi connectivity index (χ2v) is 13.4. The standard InChI is InChI=1S/C40H69NO7/c1-6-8-10-12-14-16-18-20-22-24-26-28-30-38(42)47-35-36(34-46-33-32-37(40(44)45)41(3,4)5)48-39(43)31-29-27-25-23-21-19-17-15-13-11-9-7-2/h8,10,14-17,20,22,36-37H,6-7,9,11-13,18-19,21,23-35H2,1-5H3/p+1/b10-8+,16-14+,17-15+,22-20+. The highest BCUT2D eigenvalue weighted by Gasteiger charge is 2.31. The summed E-state index contributed by atoms with van der Waals surface area (Å²) in [6, 6.07) is -0.620. The lowest BCUT2D eigenvalue weighted by molar-refractivity contribution is -0.887. The van der Waals surface area contributed by atoms with Gasteiger partial charge in [-0.05, 0) is 70.6 Å². The van der Waals surface area contributed by atoms with E-state index < -0.39 is 18.1 Å². The number of unbranched alkanes of at least 4 members (excludes halogenated alkanes) is 10. The van der Waals surface area contributed by atoms with E-state index in [4.69, 9.17) is 14.2 Å². The summed E-state index contributed by atoms with van der Waals surface area (Å²) >= 11 is 0. The maximum atomic E-state index is 12.6. The van der Waals surface area contributed by atoms with E-state index in [1.165, 1.54) is 32.1 Å². The minimum atomic E-state index is -0.885. The second-order valence-electron chi connectivity index (χ2n) is 13.4. The molecular formula is C40H70NO7+. The van der Waals surface area contributed by atoms with Gasteiger partial charge < -0.3 is 23.8 Å². The molecule has 0 aromatic carbocycles. The molecule has 2 atom stereocenters. The van der Waals surface area contributed by atoms with Crippen LogP contribution in [0, 0.1) is 0 Å². The summed E-state index contributed by atoms with van der Waals surface area (Å²) in [6.45, 7) is 4.51. The van der Waals surface area contributed by atoms with Crippen LogP contribution in [0.2, 0.25) is 0 Å². The third-order valence-electron chi connectivity index (χ3n) is 7.96. The molecule has 0 aromatic heterocycles. The van der Waals surface area contributed by atoms with Gasteiger partial charge in [0.05, 0.1) is 34.4 Å². The Kier molecular flexibility index (Phi) is 29.8. The van der Waals surface area contributed by atoms with Crippen molar-refractivity contribution in [3.05, 3.63) is 48.6 Å². The van der Waals surface area contributed by atoms with Gasteiger partial charge in [-0.2, -0.15) is 0 Å². The highest BCUT2D eigenvalue weighted by molar-refractivity contribution is 5.72. The largest absolute Gasteiger partial charge is 0.477 e. The summed E-state index contributed by atoms with van der Waals surface area (Å²) in [4.78, 5) is 36.7. The number of esters is 2. The van der Waals surface area contributed by atoms with Gasteiger partial charge in [0, 0.05) is 19.3 Å². The van der Waals surface area contributed by atoms with Crippen LogP contribution in [0.3, 0.4) is 0 Å². The number of carboxylic acids is 1. The fraction of sp³-hybridized carbons (Fsp3) is 0.725. The Morgan fingerprint density at radius 1 is 0.646 bits per heavy atom. The van der Waals surface area contributed by atoms with Crippen molar-refractivity contribution in [2.24, 2.45) is 0 Å². The maximum absolute atomic E-state index is 12.6. The molecule has 0 radical (unpaired) electrons. The Balaban J connectivity index is 4.52. The smallest absolute Gasteiger partial charge is 0.362 e. The lowest BCUT2D eigenvalue weighted by Crippen LogP contribution is -2.50. The normalized spacial score (nSPS) is 13.6. The van der Waals surface area contributed by atoms with E-state index in [0.29, 0.717) is 19.3 Å². The zero-order valence-corrected chi connectivity index (χ0v) is 31.2.